The maximum Gasteiger partial charge on any atom is 0.265 e. The maximum atomic E-state index is 13.3. The predicted molar refractivity (Wildman–Crippen MR) is 92.1 cm³/mol. The summed E-state index contributed by atoms with van der Waals surface area (Å²) in [7, 11) is 1.29. The third-order valence-corrected chi connectivity index (χ3v) is 4.89. The van der Waals surface area contributed by atoms with Crippen LogP contribution in [0, 0.1) is 5.82 Å². The number of hydrogen-bond donors (Lipinski definition) is 1. The number of ether oxygens (including phenoxy) is 1. The van der Waals surface area contributed by atoms with Gasteiger partial charge in [0, 0.05) is 16.3 Å². The molecule has 3 rings (SSSR count). The number of amides is 1. The zero-order chi connectivity index (χ0) is 18.1. The van der Waals surface area contributed by atoms with Gasteiger partial charge in [-0.3, -0.25) is 4.79 Å². The normalized spacial score (nSPS) is 10.7. The van der Waals surface area contributed by atoms with Crippen molar-refractivity contribution in [3.8, 4) is 5.75 Å². The Bertz CT molecular complexity index is 1000. The Balaban J connectivity index is 1.92. The van der Waals surface area contributed by atoms with Crippen LogP contribution in [-0.2, 0) is 0 Å². The average Bonchev–Trinajstić information content (AvgIpc) is 2.99. The molecule has 5 nitrogen and oxygen atoms in total. The van der Waals surface area contributed by atoms with Crippen LogP contribution in [0.3, 0.4) is 0 Å². The summed E-state index contributed by atoms with van der Waals surface area (Å²) in [6, 6.07) is 8.27. The van der Waals surface area contributed by atoms with Crippen molar-refractivity contribution in [2.45, 2.75) is 0 Å². The van der Waals surface area contributed by atoms with E-state index >= 15 is 0 Å². The highest BCUT2D eigenvalue weighted by molar-refractivity contribution is 7.20. The molecule has 0 aliphatic rings. The third-order valence-electron chi connectivity index (χ3n) is 3.46. The van der Waals surface area contributed by atoms with Crippen molar-refractivity contribution < 1.29 is 23.8 Å². The van der Waals surface area contributed by atoms with Crippen LogP contribution in [0.5, 0.6) is 5.75 Å². The highest BCUT2D eigenvalue weighted by atomic mass is 35.5. The molecule has 1 aromatic heterocycles. The fourth-order valence-electron chi connectivity index (χ4n) is 2.29. The predicted octanol–water partition coefficient (Wildman–Crippen LogP) is 3.32. The molecule has 1 amide bonds. The molecule has 0 saturated carbocycles. The van der Waals surface area contributed by atoms with E-state index in [-0.39, 0.29) is 27.8 Å². The van der Waals surface area contributed by atoms with Gasteiger partial charge in [0.25, 0.3) is 5.91 Å². The van der Waals surface area contributed by atoms with Gasteiger partial charge in [-0.2, -0.15) is 0 Å². The standard InChI is InChI=1S/C17H11ClFNO4S/c1-24-13-7-12(11(18)6-10(13)17(22)23)20-16(21)15-5-8-4-9(19)2-3-14(8)25-15/h2-7H,1H3,(H,20,21)(H,22,23)/p-1. The van der Waals surface area contributed by atoms with E-state index < -0.39 is 11.9 Å². The van der Waals surface area contributed by atoms with Gasteiger partial charge in [-0.25, -0.2) is 4.39 Å². The molecule has 0 fully saturated rings. The van der Waals surface area contributed by atoms with E-state index in [9.17, 15) is 19.1 Å². The Morgan fingerprint density at radius 2 is 2.00 bits per heavy atom. The second-order valence-electron chi connectivity index (χ2n) is 5.07. The van der Waals surface area contributed by atoms with Crippen molar-refractivity contribution in [1.29, 1.82) is 0 Å². The molecule has 0 atom stereocenters. The Morgan fingerprint density at radius 1 is 1.24 bits per heavy atom. The molecule has 0 saturated heterocycles. The molecule has 0 aliphatic heterocycles. The molecule has 1 N–H and O–H groups in total. The second kappa shape index (κ2) is 6.70. The first-order valence-electron chi connectivity index (χ1n) is 6.98. The van der Waals surface area contributed by atoms with Crippen molar-refractivity contribution in [2.24, 2.45) is 0 Å². The lowest BCUT2D eigenvalue weighted by Crippen LogP contribution is -2.23. The zero-order valence-electron chi connectivity index (χ0n) is 12.8. The molecule has 0 radical (unpaired) electrons. The molecule has 2 aromatic carbocycles. The number of hydrogen-bond acceptors (Lipinski definition) is 5. The van der Waals surface area contributed by atoms with Crippen molar-refractivity contribution in [3.63, 3.8) is 0 Å². The smallest absolute Gasteiger partial charge is 0.265 e. The minimum absolute atomic E-state index is 0.0121. The van der Waals surface area contributed by atoms with Gasteiger partial charge in [0.15, 0.2) is 0 Å². The zero-order valence-corrected chi connectivity index (χ0v) is 14.3. The number of aromatic carboxylic acids is 1. The molecule has 25 heavy (non-hydrogen) atoms. The number of carbonyl (C=O) groups is 2. The molecule has 3 aromatic rings. The molecule has 128 valence electrons. The largest absolute Gasteiger partial charge is 0.545 e. The van der Waals surface area contributed by atoms with E-state index in [1.807, 2.05) is 0 Å². The molecule has 0 aliphatic carbocycles. The van der Waals surface area contributed by atoms with E-state index in [0.717, 1.165) is 10.8 Å². The number of halogens is 2. The van der Waals surface area contributed by atoms with E-state index in [0.29, 0.717) is 10.3 Å². The van der Waals surface area contributed by atoms with Gasteiger partial charge in [0.1, 0.15) is 11.6 Å². The summed E-state index contributed by atoms with van der Waals surface area (Å²) in [5, 5.41) is 14.3. The number of anilines is 1. The summed E-state index contributed by atoms with van der Waals surface area (Å²) in [5.74, 6) is -2.27. The summed E-state index contributed by atoms with van der Waals surface area (Å²) in [6.07, 6.45) is 0. The molecule has 1 heterocycles. The lowest BCUT2D eigenvalue weighted by Gasteiger charge is -2.13. The summed E-state index contributed by atoms with van der Waals surface area (Å²) < 4.78 is 19.0. The molecule has 0 spiro atoms. The van der Waals surface area contributed by atoms with Crippen LogP contribution in [0.2, 0.25) is 5.02 Å². The summed E-state index contributed by atoms with van der Waals surface area (Å²) in [6.45, 7) is 0. The van der Waals surface area contributed by atoms with Crippen LogP contribution in [0.4, 0.5) is 10.1 Å². The van der Waals surface area contributed by atoms with Crippen LogP contribution in [0.25, 0.3) is 10.1 Å². The van der Waals surface area contributed by atoms with Crippen molar-refractivity contribution in [3.05, 3.63) is 57.7 Å². The van der Waals surface area contributed by atoms with E-state index in [1.165, 1.54) is 36.6 Å². The fraction of sp³-hybridized carbons (Fsp3) is 0.0588. The first-order valence-corrected chi connectivity index (χ1v) is 8.18. The van der Waals surface area contributed by atoms with E-state index in [1.54, 1.807) is 12.1 Å². The second-order valence-corrected chi connectivity index (χ2v) is 6.56. The SMILES string of the molecule is COc1cc(NC(=O)c2cc3cc(F)ccc3s2)c(Cl)cc1C(=O)[O-]. The number of carboxylic acid groups (broad SMARTS) is 1. The third kappa shape index (κ3) is 3.42. The van der Waals surface area contributed by atoms with Gasteiger partial charge in [0.05, 0.1) is 28.7 Å². The summed E-state index contributed by atoms with van der Waals surface area (Å²) in [5.41, 5.74) is -0.0278. The number of carbonyl (C=O) groups excluding carboxylic acids is 2. The number of rotatable bonds is 4. The minimum atomic E-state index is -1.44. The molecule has 0 bridgehead atoms. The van der Waals surface area contributed by atoms with Gasteiger partial charge in [-0.1, -0.05) is 11.6 Å². The summed E-state index contributed by atoms with van der Waals surface area (Å²) in [4.78, 5) is 23.8. The van der Waals surface area contributed by atoms with E-state index in [2.05, 4.69) is 5.32 Å². The number of thiophene rings is 1. The Hall–Kier alpha value is -2.64. The quantitative estimate of drug-likeness (QED) is 0.755. The number of methoxy groups -OCH3 is 1. The van der Waals surface area contributed by atoms with Crippen molar-refractivity contribution >= 4 is 50.6 Å². The van der Waals surface area contributed by atoms with Gasteiger partial charge >= 0.3 is 0 Å². The van der Waals surface area contributed by atoms with Crippen LogP contribution in [0.15, 0.2) is 36.4 Å². The van der Waals surface area contributed by atoms with Crippen LogP contribution >= 0.6 is 22.9 Å². The Morgan fingerprint density at radius 3 is 2.68 bits per heavy atom. The summed E-state index contributed by atoms with van der Waals surface area (Å²) >= 11 is 7.23. The monoisotopic (exact) mass is 378 g/mol. The fourth-order valence-corrected chi connectivity index (χ4v) is 3.44. The lowest BCUT2D eigenvalue weighted by molar-refractivity contribution is -0.255. The highest BCUT2D eigenvalue weighted by Gasteiger charge is 2.15. The van der Waals surface area contributed by atoms with Crippen LogP contribution < -0.4 is 15.2 Å². The van der Waals surface area contributed by atoms with Gasteiger partial charge in [-0.15, -0.1) is 11.3 Å². The molecular formula is C17H10ClFNO4S-. The first-order chi connectivity index (χ1) is 11.9. The maximum absolute atomic E-state index is 13.3. The Kier molecular flexibility index (Phi) is 4.61. The van der Waals surface area contributed by atoms with Crippen molar-refractivity contribution in [2.75, 3.05) is 12.4 Å². The number of nitrogens with one attached hydrogen (secondary N) is 1. The Labute approximate surface area is 150 Å². The van der Waals surface area contributed by atoms with E-state index in [4.69, 9.17) is 16.3 Å². The van der Waals surface area contributed by atoms with Gasteiger partial charge < -0.3 is 20.0 Å². The number of fused-ring (bicyclic) bond motifs is 1. The average molecular weight is 379 g/mol. The highest BCUT2D eigenvalue weighted by Crippen LogP contribution is 2.32. The number of benzene rings is 2. The molecule has 8 heteroatoms. The van der Waals surface area contributed by atoms with Gasteiger partial charge in [-0.05, 0) is 35.7 Å². The lowest BCUT2D eigenvalue weighted by atomic mass is 10.1. The number of carboxylic acids is 1. The van der Waals surface area contributed by atoms with Crippen molar-refractivity contribution in [1.82, 2.24) is 0 Å². The minimum Gasteiger partial charge on any atom is -0.545 e. The van der Waals surface area contributed by atoms with Crippen LogP contribution in [0.1, 0.15) is 20.0 Å². The molecule has 0 unspecified atom stereocenters. The van der Waals surface area contributed by atoms with Gasteiger partial charge in [0.2, 0.25) is 0 Å². The topological polar surface area (TPSA) is 78.5 Å². The molecular weight excluding hydrogens is 369 g/mol. The first kappa shape index (κ1) is 17.2. The van der Waals surface area contributed by atoms with Crippen LogP contribution in [-0.4, -0.2) is 19.0 Å².